The Hall–Kier alpha value is -1.93. The number of aryl methyl sites for hydroxylation is 1. The highest BCUT2D eigenvalue weighted by Crippen LogP contribution is 2.32. The molecule has 4 amide bonds. The summed E-state index contributed by atoms with van der Waals surface area (Å²) in [7, 11) is 1.84. The predicted molar refractivity (Wildman–Crippen MR) is 94.7 cm³/mol. The van der Waals surface area contributed by atoms with Gasteiger partial charge in [0.25, 0.3) is 11.8 Å². The SMILES string of the molecule is Cc1ccsc1CN(C)CC(=O)NN1C(=O)NC2(CCCCC2)C1=O. The van der Waals surface area contributed by atoms with Crippen molar-refractivity contribution < 1.29 is 14.4 Å². The minimum atomic E-state index is -0.817. The van der Waals surface area contributed by atoms with E-state index in [4.69, 9.17) is 0 Å². The number of rotatable bonds is 5. The van der Waals surface area contributed by atoms with Crippen LogP contribution in [0.4, 0.5) is 4.79 Å². The van der Waals surface area contributed by atoms with Crippen molar-refractivity contribution >= 4 is 29.2 Å². The zero-order valence-electron chi connectivity index (χ0n) is 14.6. The maximum absolute atomic E-state index is 12.6. The molecule has 1 aromatic rings. The molecule has 8 heteroatoms. The maximum atomic E-state index is 12.6. The van der Waals surface area contributed by atoms with Gasteiger partial charge in [0.05, 0.1) is 6.54 Å². The number of likely N-dealkylation sites (N-methyl/N-ethyl adjacent to an activating group) is 1. The third kappa shape index (κ3) is 3.69. The van der Waals surface area contributed by atoms with Crippen LogP contribution in [-0.4, -0.2) is 46.9 Å². The van der Waals surface area contributed by atoms with Gasteiger partial charge >= 0.3 is 6.03 Å². The summed E-state index contributed by atoms with van der Waals surface area (Å²) in [6.07, 6.45) is 4.18. The van der Waals surface area contributed by atoms with E-state index in [1.165, 1.54) is 10.4 Å². The molecule has 1 saturated carbocycles. The van der Waals surface area contributed by atoms with Gasteiger partial charge in [0.15, 0.2) is 0 Å². The third-order valence-electron chi connectivity index (χ3n) is 4.90. The monoisotopic (exact) mass is 364 g/mol. The average Bonchev–Trinajstić information content (AvgIpc) is 3.05. The summed E-state index contributed by atoms with van der Waals surface area (Å²) in [4.78, 5) is 40.1. The lowest BCUT2D eigenvalue weighted by atomic mass is 9.82. The van der Waals surface area contributed by atoms with Gasteiger partial charge in [-0.3, -0.25) is 19.9 Å². The van der Waals surface area contributed by atoms with Gasteiger partial charge in [-0.25, -0.2) is 4.79 Å². The molecule has 2 N–H and O–H groups in total. The summed E-state index contributed by atoms with van der Waals surface area (Å²) < 4.78 is 0. The van der Waals surface area contributed by atoms with Crippen molar-refractivity contribution in [3.8, 4) is 0 Å². The van der Waals surface area contributed by atoms with E-state index in [-0.39, 0.29) is 18.4 Å². The number of carbonyl (C=O) groups excluding carboxylic acids is 3. The lowest BCUT2D eigenvalue weighted by Gasteiger charge is -2.30. The van der Waals surface area contributed by atoms with Crippen LogP contribution < -0.4 is 10.7 Å². The van der Waals surface area contributed by atoms with Crippen LogP contribution in [0.2, 0.25) is 0 Å². The fourth-order valence-corrected chi connectivity index (χ4v) is 4.47. The first-order chi connectivity index (χ1) is 11.9. The smallest absolute Gasteiger partial charge is 0.322 e. The van der Waals surface area contributed by atoms with E-state index in [0.717, 1.165) is 24.3 Å². The minimum Gasteiger partial charge on any atom is -0.322 e. The molecule has 1 aliphatic heterocycles. The molecule has 136 valence electrons. The molecule has 7 nitrogen and oxygen atoms in total. The molecule has 2 fully saturated rings. The van der Waals surface area contributed by atoms with Crippen LogP contribution >= 0.6 is 11.3 Å². The first kappa shape index (κ1) is 17.9. The summed E-state index contributed by atoms with van der Waals surface area (Å²) in [5.74, 6) is -0.699. The number of hydrazine groups is 1. The molecule has 25 heavy (non-hydrogen) atoms. The third-order valence-corrected chi connectivity index (χ3v) is 5.91. The van der Waals surface area contributed by atoms with Crippen molar-refractivity contribution in [1.29, 1.82) is 0 Å². The normalized spacial score (nSPS) is 19.6. The Morgan fingerprint density at radius 1 is 1.36 bits per heavy atom. The maximum Gasteiger partial charge on any atom is 0.344 e. The zero-order chi connectivity index (χ0) is 18.0. The second-order valence-corrected chi connectivity index (χ2v) is 7.95. The topological polar surface area (TPSA) is 81.8 Å². The van der Waals surface area contributed by atoms with Crippen molar-refractivity contribution in [3.63, 3.8) is 0 Å². The molecule has 1 aliphatic carbocycles. The molecule has 0 aromatic carbocycles. The highest BCUT2D eigenvalue weighted by molar-refractivity contribution is 7.10. The summed E-state index contributed by atoms with van der Waals surface area (Å²) in [6, 6.07) is 1.52. The first-order valence-corrected chi connectivity index (χ1v) is 9.47. The van der Waals surface area contributed by atoms with Crippen LogP contribution in [0.1, 0.15) is 42.5 Å². The van der Waals surface area contributed by atoms with E-state index in [0.29, 0.717) is 19.4 Å². The number of hydrogen-bond donors (Lipinski definition) is 2. The molecule has 3 rings (SSSR count). The van der Waals surface area contributed by atoms with Crippen molar-refractivity contribution in [2.45, 2.75) is 51.1 Å². The molecule has 0 unspecified atom stereocenters. The van der Waals surface area contributed by atoms with Gasteiger partial charge in [0.1, 0.15) is 5.54 Å². The van der Waals surface area contributed by atoms with Crippen LogP contribution in [0.3, 0.4) is 0 Å². The van der Waals surface area contributed by atoms with Crippen LogP contribution in [-0.2, 0) is 16.1 Å². The van der Waals surface area contributed by atoms with E-state index in [9.17, 15) is 14.4 Å². The van der Waals surface area contributed by atoms with Crippen molar-refractivity contribution in [2.75, 3.05) is 13.6 Å². The standard InChI is InChI=1S/C17H24N4O3S/c1-12-6-9-25-13(12)10-20(2)11-14(22)19-21-15(23)17(18-16(21)24)7-4-3-5-8-17/h6,9H,3-5,7-8,10-11H2,1-2H3,(H,18,24)(H,19,22). The Morgan fingerprint density at radius 3 is 2.72 bits per heavy atom. The number of nitrogens with one attached hydrogen (secondary N) is 2. The second kappa shape index (κ2) is 7.13. The summed E-state index contributed by atoms with van der Waals surface area (Å²) in [5.41, 5.74) is 2.85. The Balaban J connectivity index is 1.56. The fraction of sp³-hybridized carbons (Fsp3) is 0.588. The van der Waals surface area contributed by atoms with Crippen molar-refractivity contribution in [2.24, 2.45) is 0 Å². The van der Waals surface area contributed by atoms with Crippen LogP contribution in [0.5, 0.6) is 0 Å². The van der Waals surface area contributed by atoms with Gasteiger partial charge in [-0.2, -0.15) is 5.01 Å². The number of nitrogens with zero attached hydrogens (tertiary/aromatic N) is 2. The molecular formula is C17H24N4O3S. The van der Waals surface area contributed by atoms with Gasteiger partial charge in [-0.15, -0.1) is 11.3 Å². The predicted octanol–water partition coefficient (Wildman–Crippen LogP) is 1.77. The quantitative estimate of drug-likeness (QED) is 0.780. The van der Waals surface area contributed by atoms with E-state index in [1.54, 1.807) is 11.3 Å². The van der Waals surface area contributed by atoms with E-state index < -0.39 is 11.6 Å². The Morgan fingerprint density at radius 2 is 2.08 bits per heavy atom. The summed E-state index contributed by atoms with van der Waals surface area (Å²) in [6.45, 7) is 2.80. The van der Waals surface area contributed by atoms with Crippen molar-refractivity contribution in [1.82, 2.24) is 20.7 Å². The number of thiophene rings is 1. The Bertz CT molecular complexity index is 681. The molecular weight excluding hydrogens is 340 g/mol. The zero-order valence-corrected chi connectivity index (χ0v) is 15.4. The number of imide groups is 1. The van der Waals surface area contributed by atoms with Gasteiger partial charge in [-0.05, 0) is 43.8 Å². The van der Waals surface area contributed by atoms with Gasteiger partial charge < -0.3 is 5.32 Å². The van der Waals surface area contributed by atoms with Gasteiger partial charge in [0, 0.05) is 11.4 Å². The first-order valence-electron chi connectivity index (χ1n) is 8.59. The highest BCUT2D eigenvalue weighted by Gasteiger charge is 2.52. The van der Waals surface area contributed by atoms with Crippen molar-refractivity contribution in [3.05, 3.63) is 21.9 Å². The molecule has 1 saturated heterocycles. The molecule has 1 aromatic heterocycles. The largest absolute Gasteiger partial charge is 0.344 e. The van der Waals surface area contributed by atoms with E-state index in [2.05, 4.69) is 10.7 Å². The molecule has 2 heterocycles. The van der Waals surface area contributed by atoms with Crippen LogP contribution in [0, 0.1) is 6.92 Å². The molecule has 2 aliphatic rings. The lowest BCUT2D eigenvalue weighted by Crippen LogP contribution is -2.52. The van der Waals surface area contributed by atoms with Crippen LogP contribution in [0.25, 0.3) is 0 Å². The Labute approximate surface area is 151 Å². The minimum absolute atomic E-state index is 0.113. The number of carbonyl (C=O) groups is 3. The lowest BCUT2D eigenvalue weighted by molar-refractivity contribution is -0.140. The van der Waals surface area contributed by atoms with Crippen LogP contribution in [0.15, 0.2) is 11.4 Å². The molecule has 0 atom stereocenters. The van der Waals surface area contributed by atoms with Gasteiger partial charge in [-0.1, -0.05) is 19.3 Å². The number of urea groups is 1. The summed E-state index contributed by atoms with van der Waals surface area (Å²) >= 11 is 1.65. The Kier molecular flexibility index (Phi) is 5.10. The number of hydrogen-bond acceptors (Lipinski definition) is 5. The second-order valence-electron chi connectivity index (χ2n) is 6.95. The fourth-order valence-electron chi connectivity index (χ4n) is 3.49. The van der Waals surface area contributed by atoms with E-state index >= 15 is 0 Å². The summed E-state index contributed by atoms with van der Waals surface area (Å²) in [5, 5.41) is 5.66. The highest BCUT2D eigenvalue weighted by atomic mass is 32.1. The van der Waals surface area contributed by atoms with E-state index in [1.807, 2.05) is 30.3 Å². The number of amides is 4. The molecule has 0 bridgehead atoms. The molecule has 1 spiro atoms. The average molecular weight is 364 g/mol. The molecule has 0 radical (unpaired) electrons. The van der Waals surface area contributed by atoms with Gasteiger partial charge in [0.2, 0.25) is 0 Å².